The Balaban J connectivity index is 1.69. The summed E-state index contributed by atoms with van der Waals surface area (Å²) in [6.07, 6.45) is 0.0839. The third-order valence-electron chi connectivity index (χ3n) is 5.42. The van der Waals surface area contributed by atoms with Gasteiger partial charge in [-0.05, 0) is 37.8 Å². The molecule has 8 heteroatoms. The third kappa shape index (κ3) is 5.07. The quantitative estimate of drug-likeness (QED) is 0.562. The van der Waals surface area contributed by atoms with Gasteiger partial charge in [0.25, 0.3) is 0 Å². The van der Waals surface area contributed by atoms with Gasteiger partial charge in [-0.3, -0.25) is 4.79 Å². The first-order chi connectivity index (χ1) is 16.3. The first-order valence-electron chi connectivity index (χ1n) is 11.0. The molecule has 0 unspecified atom stereocenters. The maximum absolute atomic E-state index is 15.1. The van der Waals surface area contributed by atoms with E-state index in [9.17, 15) is 9.59 Å². The van der Waals surface area contributed by atoms with Gasteiger partial charge < -0.3 is 15.0 Å². The Morgan fingerprint density at radius 2 is 1.85 bits per heavy atom. The van der Waals surface area contributed by atoms with Gasteiger partial charge in [0, 0.05) is 17.3 Å². The Hall–Kier alpha value is -3.39. The number of nitrogens with zero attached hydrogens (tertiary/aromatic N) is 2. The number of rotatable bonds is 7. The number of carbonyl (C=O) groups excluding carboxylic acids is 2. The lowest BCUT2D eigenvalue weighted by Crippen LogP contribution is -2.39. The predicted molar refractivity (Wildman–Crippen MR) is 131 cm³/mol. The van der Waals surface area contributed by atoms with Crippen LogP contribution in [0.1, 0.15) is 44.4 Å². The number of esters is 1. The molecule has 0 aliphatic carbocycles. The highest BCUT2D eigenvalue weighted by molar-refractivity contribution is 8.16. The highest BCUT2D eigenvalue weighted by Crippen LogP contribution is 2.45. The lowest BCUT2D eigenvalue weighted by molar-refractivity contribution is -0.141. The zero-order valence-electron chi connectivity index (χ0n) is 19.2. The number of hydrogen-bond donors (Lipinski definition) is 1. The smallest absolute Gasteiger partial charge is 0.338 e. The molecule has 0 saturated carbocycles. The fraction of sp³-hybridized carbons (Fsp3) is 0.269. The summed E-state index contributed by atoms with van der Waals surface area (Å²) in [5, 5.41) is 5.31. The van der Waals surface area contributed by atoms with E-state index in [1.165, 1.54) is 17.8 Å². The summed E-state index contributed by atoms with van der Waals surface area (Å²) < 4.78 is 20.7. The largest absolute Gasteiger partial charge is 0.457 e. The summed E-state index contributed by atoms with van der Waals surface area (Å²) in [6, 6.07) is 14.9. The van der Waals surface area contributed by atoms with Crippen molar-refractivity contribution in [3.05, 3.63) is 93.9 Å². The molecule has 6 nitrogen and oxygen atoms in total. The van der Waals surface area contributed by atoms with Crippen LogP contribution < -0.4 is 5.32 Å². The normalized spacial score (nSPS) is 17.3. The molecule has 2 aromatic rings. The van der Waals surface area contributed by atoms with Crippen LogP contribution in [0, 0.1) is 5.82 Å². The summed E-state index contributed by atoms with van der Waals surface area (Å²) in [7, 11) is 0. The van der Waals surface area contributed by atoms with Crippen molar-refractivity contribution in [2.45, 2.75) is 45.9 Å². The van der Waals surface area contributed by atoms with Crippen LogP contribution in [0.25, 0.3) is 0 Å². The maximum atomic E-state index is 15.1. The van der Waals surface area contributed by atoms with Crippen molar-refractivity contribution in [1.82, 2.24) is 10.2 Å². The Morgan fingerprint density at radius 3 is 2.56 bits per heavy atom. The van der Waals surface area contributed by atoms with Gasteiger partial charge in [-0.15, -0.1) is 0 Å². The monoisotopic (exact) mass is 479 g/mol. The summed E-state index contributed by atoms with van der Waals surface area (Å²) in [5.74, 6) is -1.17. The van der Waals surface area contributed by atoms with Crippen LogP contribution in [0.4, 0.5) is 4.39 Å². The zero-order valence-corrected chi connectivity index (χ0v) is 20.1. The van der Waals surface area contributed by atoms with Crippen LogP contribution in [0.15, 0.2) is 82.0 Å². The zero-order chi connectivity index (χ0) is 24.2. The van der Waals surface area contributed by atoms with Crippen molar-refractivity contribution in [3.8, 4) is 0 Å². The number of allylic oxidation sites excluding steroid dienone is 1. The molecule has 0 bridgehead atoms. The number of carbonyl (C=O) groups is 2. The molecule has 0 aromatic heterocycles. The molecule has 2 aliphatic rings. The van der Waals surface area contributed by atoms with Crippen LogP contribution in [-0.4, -0.2) is 28.0 Å². The lowest BCUT2D eigenvalue weighted by atomic mass is 9.93. The molecule has 34 heavy (non-hydrogen) atoms. The predicted octanol–water partition coefficient (Wildman–Crippen LogP) is 5.06. The van der Waals surface area contributed by atoms with E-state index in [-0.39, 0.29) is 30.5 Å². The van der Waals surface area contributed by atoms with Crippen molar-refractivity contribution >= 4 is 28.8 Å². The molecule has 176 valence electrons. The minimum atomic E-state index is -0.801. The SMILES string of the molecule is CC1=C(C(=O)OCc2ccccc2)[C@@H](c2ccccc2F)N2C(CC(=O)NC(C)C)=CSC2=N1. The van der Waals surface area contributed by atoms with Gasteiger partial charge in [0.1, 0.15) is 12.4 Å². The van der Waals surface area contributed by atoms with E-state index in [1.807, 2.05) is 49.6 Å². The number of halogens is 1. The second-order valence-corrected chi connectivity index (χ2v) is 9.21. The van der Waals surface area contributed by atoms with E-state index in [0.717, 1.165) is 5.56 Å². The molecule has 0 saturated heterocycles. The maximum Gasteiger partial charge on any atom is 0.338 e. The minimum absolute atomic E-state index is 0.00956. The highest BCUT2D eigenvalue weighted by Gasteiger charge is 2.42. The Kier molecular flexibility index (Phi) is 7.17. The molecule has 1 atom stereocenters. The Morgan fingerprint density at radius 1 is 1.15 bits per heavy atom. The van der Waals surface area contributed by atoms with Crippen molar-refractivity contribution in [1.29, 1.82) is 0 Å². The van der Waals surface area contributed by atoms with Crippen LogP contribution in [-0.2, 0) is 20.9 Å². The number of fused-ring (bicyclic) bond motifs is 1. The molecular weight excluding hydrogens is 453 g/mol. The summed E-state index contributed by atoms with van der Waals surface area (Å²) in [6.45, 7) is 5.59. The standard InChI is InChI=1S/C26H26FN3O3S/c1-16(2)28-22(31)13-19-15-34-26-29-17(3)23(25(32)33-14-18-9-5-4-6-10-18)24(30(19)26)20-11-7-8-12-21(20)27/h4-12,15-16,24H,13-14H2,1-3H3,(H,28,31)/t24-/m1/s1. The van der Waals surface area contributed by atoms with E-state index in [1.54, 1.807) is 30.0 Å². The topological polar surface area (TPSA) is 71.0 Å². The van der Waals surface area contributed by atoms with Gasteiger partial charge in [-0.1, -0.05) is 60.3 Å². The fourth-order valence-electron chi connectivity index (χ4n) is 3.96. The number of aliphatic imine (C=N–C) groups is 1. The molecule has 0 radical (unpaired) electrons. The van der Waals surface area contributed by atoms with Gasteiger partial charge in [0.05, 0.1) is 23.7 Å². The number of hydrogen-bond acceptors (Lipinski definition) is 6. The summed E-state index contributed by atoms with van der Waals surface area (Å²) in [4.78, 5) is 32.2. The van der Waals surface area contributed by atoms with Gasteiger partial charge in [-0.2, -0.15) is 0 Å². The Bertz CT molecular complexity index is 1190. The van der Waals surface area contributed by atoms with Gasteiger partial charge in [0.15, 0.2) is 5.17 Å². The van der Waals surface area contributed by atoms with Gasteiger partial charge in [0.2, 0.25) is 5.91 Å². The molecule has 4 rings (SSSR count). The number of ether oxygens (including phenoxy) is 1. The summed E-state index contributed by atoms with van der Waals surface area (Å²) in [5.41, 5.74) is 2.53. The average molecular weight is 480 g/mol. The highest BCUT2D eigenvalue weighted by atomic mass is 32.2. The molecule has 2 heterocycles. The molecule has 1 amide bonds. The second kappa shape index (κ2) is 10.3. The molecule has 0 fully saturated rings. The Labute approximate surface area is 202 Å². The second-order valence-electron chi connectivity index (χ2n) is 8.38. The molecule has 2 aromatic carbocycles. The van der Waals surface area contributed by atoms with E-state index in [0.29, 0.717) is 22.1 Å². The minimum Gasteiger partial charge on any atom is -0.457 e. The fourth-order valence-corrected chi connectivity index (χ4v) is 4.92. The third-order valence-corrected chi connectivity index (χ3v) is 6.31. The molecular formula is C26H26FN3O3S. The number of thioether (sulfide) groups is 1. The van der Waals surface area contributed by atoms with E-state index >= 15 is 4.39 Å². The first-order valence-corrected chi connectivity index (χ1v) is 11.9. The lowest BCUT2D eigenvalue weighted by Gasteiger charge is -2.36. The van der Waals surface area contributed by atoms with Crippen molar-refractivity contribution < 1.29 is 18.7 Å². The van der Waals surface area contributed by atoms with E-state index in [2.05, 4.69) is 10.3 Å². The average Bonchev–Trinajstić information content (AvgIpc) is 3.19. The molecule has 2 aliphatic heterocycles. The first kappa shape index (κ1) is 23.8. The summed E-state index contributed by atoms with van der Waals surface area (Å²) >= 11 is 1.35. The number of amidine groups is 1. The van der Waals surface area contributed by atoms with Crippen LogP contribution in [0.2, 0.25) is 0 Å². The van der Waals surface area contributed by atoms with Gasteiger partial charge >= 0.3 is 5.97 Å². The van der Waals surface area contributed by atoms with Crippen LogP contribution in [0.5, 0.6) is 0 Å². The number of amides is 1. The molecule has 1 N–H and O–H groups in total. The van der Waals surface area contributed by atoms with E-state index in [4.69, 9.17) is 4.74 Å². The van der Waals surface area contributed by atoms with Crippen molar-refractivity contribution in [2.24, 2.45) is 4.99 Å². The van der Waals surface area contributed by atoms with Crippen molar-refractivity contribution in [2.75, 3.05) is 0 Å². The molecule has 0 spiro atoms. The van der Waals surface area contributed by atoms with E-state index < -0.39 is 17.8 Å². The number of nitrogens with one attached hydrogen (secondary N) is 1. The van der Waals surface area contributed by atoms with Crippen molar-refractivity contribution in [3.63, 3.8) is 0 Å². The van der Waals surface area contributed by atoms with Gasteiger partial charge in [-0.25, -0.2) is 14.2 Å². The number of benzene rings is 2. The van der Waals surface area contributed by atoms with Crippen LogP contribution >= 0.6 is 11.8 Å². The van der Waals surface area contributed by atoms with Crippen LogP contribution in [0.3, 0.4) is 0 Å².